The Morgan fingerprint density at radius 3 is 2.76 bits per heavy atom. The Bertz CT molecular complexity index is 764. The molecule has 5 heteroatoms. The average molecular weight is 282 g/mol. The van der Waals surface area contributed by atoms with E-state index in [2.05, 4.69) is 22.2 Å². The first-order valence-corrected chi connectivity index (χ1v) is 6.89. The van der Waals surface area contributed by atoms with E-state index in [9.17, 15) is 0 Å². The van der Waals surface area contributed by atoms with Crippen molar-refractivity contribution in [3.05, 3.63) is 54.1 Å². The Hall–Kier alpha value is -2.40. The molecule has 2 aromatic carbocycles. The molecule has 0 saturated heterocycles. The lowest BCUT2D eigenvalue weighted by atomic mass is 10.0. The Morgan fingerprint density at radius 1 is 1.24 bits per heavy atom. The molecule has 0 aliphatic rings. The van der Waals surface area contributed by atoms with Crippen LogP contribution in [0.4, 0.5) is 0 Å². The number of aryl methyl sites for hydroxylation is 1. The highest BCUT2D eigenvalue weighted by atomic mass is 16.5. The minimum atomic E-state index is -0.0934. The highest BCUT2D eigenvalue weighted by Gasteiger charge is 2.13. The fraction of sp³-hybridized carbons (Fsp3) is 0.250. The van der Waals surface area contributed by atoms with Crippen molar-refractivity contribution in [2.24, 2.45) is 12.8 Å². The van der Waals surface area contributed by atoms with E-state index in [4.69, 9.17) is 10.5 Å². The molecular weight excluding hydrogens is 264 g/mol. The van der Waals surface area contributed by atoms with Crippen LogP contribution in [-0.2, 0) is 13.7 Å². The summed E-state index contributed by atoms with van der Waals surface area (Å²) in [5.74, 6) is 1.60. The first-order valence-electron chi connectivity index (χ1n) is 6.89. The van der Waals surface area contributed by atoms with E-state index in [1.807, 2.05) is 38.2 Å². The number of rotatable bonds is 4. The Morgan fingerprint density at radius 2 is 2.05 bits per heavy atom. The van der Waals surface area contributed by atoms with Gasteiger partial charge in [0.25, 0.3) is 0 Å². The van der Waals surface area contributed by atoms with E-state index in [0.29, 0.717) is 6.61 Å². The molecule has 21 heavy (non-hydrogen) atoms. The molecule has 1 atom stereocenters. The zero-order chi connectivity index (χ0) is 14.8. The molecule has 0 aliphatic heterocycles. The minimum Gasteiger partial charge on any atom is -0.485 e. The van der Waals surface area contributed by atoms with Gasteiger partial charge < -0.3 is 10.5 Å². The summed E-state index contributed by atoms with van der Waals surface area (Å²) in [7, 11) is 1.85. The van der Waals surface area contributed by atoms with Gasteiger partial charge >= 0.3 is 0 Å². The molecule has 2 N–H and O–H groups in total. The summed E-state index contributed by atoms with van der Waals surface area (Å²) < 4.78 is 7.74. The van der Waals surface area contributed by atoms with Gasteiger partial charge in [-0.25, -0.2) is 4.98 Å². The van der Waals surface area contributed by atoms with Crippen molar-refractivity contribution >= 4 is 10.8 Å². The van der Waals surface area contributed by atoms with Gasteiger partial charge in [-0.1, -0.05) is 36.4 Å². The average Bonchev–Trinajstić information content (AvgIpc) is 2.89. The van der Waals surface area contributed by atoms with Crippen LogP contribution in [0.25, 0.3) is 10.8 Å². The van der Waals surface area contributed by atoms with Crippen LogP contribution in [0, 0.1) is 0 Å². The second-order valence-corrected chi connectivity index (χ2v) is 5.08. The molecule has 0 aliphatic carbocycles. The molecule has 3 aromatic rings. The molecule has 5 nitrogen and oxygen atoms in total. The maximum Gasteiger partial charge on any atom is 0.164 e. The van der Waals surface area contributed by atoms with Crippen LogP contribution in [-0.4, -0.2) is 14.8 Å². The van der Waals surface area contributed by atoms with Crippen LogP contribution in [0.15, 0.2) is 42.7 Å². The maximum absolute atomic E-state index is 6.07. The van der Waals surface area contributed by atoms with Crippen molar-refractivity contribution in [1.29, 1.82) is 0 Å². The van der Waals surface area contributed by atoms with Gasteiger partial charge in [-0.3, -0.25) is 4.68 Å². The Kier molecular flexibility index (Phi) is 3.58. The molecular formula is C16H18N4O. The van der Waals surface area contributed by atoms with Crippen molar-refractivity contribution in [3.63, 3.8) is 0 Å². The monoisotopic (exact) mass is 282 g/mol. The number of aromatic nitrogens is 3. The van der Waals surface area contributed by atoms with Crippen molar-refractivity contribution in [2.75, 3.05) is 0 Å². The molecule has 0 unspecified atom stereocenters. The molecule has 0 saturated carbocycles. The van der Waals surface area contributed by atoms with Gasteiger partial charge in [0.05, 0.1) is 0 Å². The highest BCUT2D eigenvalue weighted by Crippen LogP contribution is 2.33. The summed E-state index contributed by atoms with van der Waals surface area (Å²) in [5.41, 5.74) is 7.07. The lowest BCUT2D eigenvalue weighted by Gasteiger charge is -2.16. The summed E-state index contributed by atoms with van der Waals surface area (Å²) in [4.78, 5) is 4.18. The first kappa shape index (κ1) is 13.6. The standard InChI is InChI=1S/C16H18N4O/c1-11(17)13-8-7-12-5-3-4-6-14(12)16(13)21-9-15-18-10-19-20(15)2/h3-8,10-11H,9,17H2,1-2H3/t11-/m1/s1. The third-order valence-electron chi connectivity index (χ3n) is 3.55. The van der Waals surface area contributed by atoms with E-state index in [-0.39, 0.29) is 6.04 Å². The van der Waals surface area contributed by atoms with Crippen LogP contribution >= 0.6 is 0 Å². The summed E-state index contributed by atoms with van der Waals surface area (Å²) >= 11 is 0. The van der Waals surface area contributed by atoms with Gasteiger partial charge in [0.1, 0.15) is 18.7 Å². The molecule has 0 bridgehead atoms. The summed E-state index contributed by atoms with van der Waals surface area (Å²) in [5, 5.41) is 6.25. The molecule has 1 heterocycles. The molecule has 0 fully saturated rings. The third-order valence-corrected chi connectivity index (χ3v) is 3.55. The predicted molar refractivity (Wildman–Crippen MR) is 81.9 cm³/mol. The number of nitrogens with zero attached hydrogens (tertiary/aromatic N) is 3. The van der Waals surface area contributed by atoms with Gasteiger partial charge in [0.15, 0.2) is 5.82 Å². The van der Waals surface area contributed by atoms with Crippen molar-refractivity contribution in [2.45, 2.75) is 19.6 Å². The molecule has 0 radical (unpaired) electrons. The molecule has 1 aromatic heterocycles. The van der Waals surface area contributed by atoms with Gasteiger partial charge in [0.2, 0.25) is 0 Å². The molecule has 0 spiro atoms. The van der Waals surface area contributed by atoms with Crippen molar-refractivity contribution in [1.82, 2.24) is 14.8 Å². The number of hydrogen-bond donors (Lipinski definition) is 1. The van der Waals surface area contributed by atoms with Gasteiger partial charge in [-0.15, -0.1) is 0 Å². The van der Waals surface area contributed by atoms with Crippen molar-refractivity contribution < 1.29 is 4.74 Å². The SMILES string of the molecule is C[C@@H](N)c1ccc2ccccc2c1OCc1ncnn1C. The fourth-order valence-corrected chi connectivity index (χ4v) is 2.37. The molecule has 108 valence electrons. The van der Waals surface area contributed by atoms with Crippen LogP contribution in [0.2, 0.25) is 0 Å². The van der Waals surface area contributed by atoms with Crippen LogP contribution < -0.4 is 10.5 Å². The third kappa shape index (κ3) is 2.60. The minimum absolute atomic E-state index is 0.0934. The van der Waals surface area contributed by atoms with E-state index in [0.717, 1.165) is 27.9 Å². The van der Waals surface area contributed by atoms with E-state index in [1.165, 1.54) is 6.33 Å². The lowest BCUT2D eigenvalue weighted by molar-refractivity contribution is 0.289. The summed E-state index contributed by atoms with van der Waals surface area (Å²) in [6.07, 6.45) is 1.52. The number of fused-ring (bicyclic) bond motifs is 1. The zero-order valence-corrected chi connectivity index (χ0v) is 12.2. The van der Waals surface area contributed by atoms with Crippen LogP contribution in [0.1, 0.15) is 24.4 Å². The van der Waals surface area contributed by atoms with Crippen molar-refractivity contribution in [3.8, 4) is 5.75 Å². The van der Waals surface area contributed by atoms with E-state index in [1.54, 1.807) is 4.68 Å². The molecule has 0 amide bonds. The quantitative estimate of drug-likeness (QED) is 0.798. The highest BCUT2D eigenvalue weighted by molar-refractivity contribution is 5.89. The van der Waals surface area contributed by atoms with Gasteiger partial charge in [0, 0.05) is 24.0 Å². The Labute approximate surface area is 123 Å². The lowest BCUT2D eigenvalue weighted by Crippen LogP contribution is -2.10. The first-order chi connectivity index (χ1) is 10.2. The second-order valence-electron chi connectivity index (χ2n) is 5.08. The number of benzene rings is 2. The zero-order valence-electron chi connectivity index (χ0n) is 12.2. The fourth-order valence-electron chi connectivity index (χ4n) is 2.37. The summed E-state index contributed by atoms with van der Waals surface area (Å²) in [6, 6.07) is 12.1. The van der Waals surface area contributed by atoms with Crippen LogP contribution in [0.3, 0.4) is 0 Å². The predicted octanol–water partition coefficient (Wildman–Crippen LogP) is 2.57. The number of nitrogens with two attached hydrogens (primary N) is 1. The number of ether oxygens (including phenoxy) is 1. The molecule has 3 rings (SSSR count). The largest absolute Gasteiger partial charge is 0.485 e. The Balaban J connectivity index is 2.02. The van der Waals surface area contributed by atoms with E-state index < -0.39 is 0 Å². The smallest absolute Gasteiger partial charge is 0.164 e. The topological polar surface area (TPSA) is 66.0 Å². The second kappa shape index (κ2) is 5.54. The normalized spacial score (nSPS) is 12.5. The van der Waals surface area contributed by atoms with Crippen LogP contribution in [0.5, 0.6) is 5.75 Å². The maximum atomic E-state index is 6.07. The van der Waals surface area contributed by atoms with Gasteiger partial charge in [-0.05, 0) is 12.3 Å². The summed E-state index contributed by atoms with van der Waals surface area (Å²) in [6.45, 7) is 2.32. The number of hydrogen-bond acceptors (Lipinski definition) is 4. The van der Waals surface area contributed by atoms with Gasteiger partial charge in [-0.2, -0.15) is 5.10 Å². The van der Waals surface area contributed by atoms with E-state index >= 15 is 0 Å².